The third kappa shape index (κ3) is 4.95. The number of nitrogens with zero attached hydrogens (tertiary/aromatic N) is 1. The number of hydrogen-bond acceptors (Lipinski definition) is 5. The lowest BCUT2D eigenvalue weighted by molar-refractivity contribution is -0.115. The third-order valence-electron chi connectivity index (χ3n) is 4.87. The highest BCUT2D eigenvalue weighted by molar-refractivity contribution is 9.10. The van der Waals surface area contributed by atoms with Gasteiger partial charge in [-0.25, -0.2) is 8.42 Å². The highest BCUT2D eigenvalue weighted by atomic mass is 79.9. The molecule has 1 heterocycles. The largest absolute Gasteiger partial charge is 0.494 e. The summed E-state index contributed by atoms with van der Waals surface area (Å²) in [6.07, 6.45) is 0. The van der Waals surface area contributed by atoms with Crippen molar-refractivity contribution in [3.05, 3.63) is 82.8 Å². The van der Waals surface area contributed by atoms with E-state index < -0.39 is 10.0 Å². The van der Waals surface area contributed by atoms with Crippen LogP contribution in [0.4, 0.5) is 11.4 Å². The number of benzene rings is 3. The smallest absolute Gasteiger partial charge is 0.261 e. The molecule has 0 spiro atoms. The molecule has 0 radical (unpaired) electrons. The van der Waals surface area contributed by atoms with Gasteiger partial charge in [0, 0.05) is 15.8 Å². The van der Waals surface area contributed by atoms with Gasteiger partial charge in [-0.05, 0) is 73.2 Å². The van der Waals surface area contributed by atoms with Crippen molar-refractivity contribution in [2.75, 3.05) is 22.0 Å². The van der Waals surface area contributed by atoms with Gasteiger partial charge in [0.05, 0.1) is 17.3 Å². The minimum Gasteiger partial charge on any atom is -0.494 e. The minimum absolute atomic E-state index is 0.0316. The zero-order valence-electron chi connectivity index (χ0n) is 17.2. The van der Waals surface area contributed by atoms with E-state index in [1.54, 1.807) is 40.9 Å². The Hall–Kier alpha value is -2.49. The lowest BCUT2D eigenvalue weighted by Gasteiger charge is -2.24. The molecule has 166 valence electrons. The van der Waals surface area contributed by atoms with Gasteiger partial charge in [-0.3, -0.25) is 14.4 Å². The van der Waals surface area contributed by atoms with Gasteiger partial charge in [0.1, 0.15) is 11.1 Å². The van der Waals surface area contributed by atoms with Crippen LogP contribution in [0.1, 0.15) is 17.9 Å². The number of rotatable bonds is 7. The van der Waals surface area contributed by atoms with Gasteiger partial charge in [-0.1, -0.05) is 28.1 Å². The van der Waals surface area contributed by atoms with Gasteiger partial charge in [-0.15, -0.1) is 11.8 Å². The van der Waals surface area contributed by atoms with Crippen LogP contribution in [-0.4, -0.2) is 26.7 Å². The maximum Gasteiger partial charge on any atom is 0.261 e. The predicted molar refractivity (Wildman–Crippen MR) is 132 cm³/mol. The Kier molecular flexibility index (Phi) is 6.78. The zero-order chi connectivity index (χ0) is 22.7. The fraction of sp³-hybridized carbons (Fsp3) is 0.174. The number of amides is 1. The molecule has 1 saturated heterocycles. The van der Waals surface area contributed by atoms with Gasteiger partial charge >= 0.3 is 0 Å². The second-order valence-electron chi connectivity index (χ2n) is 7.04. The van der Waals surface area contributed by atoms with Crippen molar-refractivity contribution in [1.82, 2.24) is 0 Å². The summed E-state index contributed by atoms with van der Waals surface area (Å²) in [5, 5.41) is -0.183. The first-order valence-electron chi connectivity index (χ1n) is 9.92. The summed E-state index contributed by atoms with van der Waals surface area (Å²) in [4.78, 5) is 14.5. The van der Waals surface area contributed by atoms with Crippen molar-refractivity contribution < 1.29 is 17.9 Å². The summed E-state index contributed by atoms with van der Waals surface area (Å²) < 4.78 is 34.1. The van der Waals surface area contributed by atoms with Crippen LogP contribution >= 0.6 is 27.7 Å². The van der Waals surface area contributed by atoms with E-state index in [4.69, 9.17) is 4.74 Å². The molecule has 6 nitrogen and oxygen atoms in total. The maximum absolute atomic E-state index is 12.6. The summed E-state index contributed by atoms with van der Waals surface area (Å²) in [5.41, 5.74) is 2.17. The number of halogens is 1. The van der Waals surface area contributed by atoms with Gasteiger partial charge in [0.25, 0.3) is 10.0 Å². The molecule has 0 bridgehead atoms. The number of sulfonamides is 1. The molecule has 0 aromatic heterocycles. The second kappa shape index (κ2) is 9.56. The van der Waals surface area contributed by atoms with E-state index in [0.717, 1.165) is 21.5 Å². The predicted octanol–water partition coefficient (Wildman–Crippen LogP) is 5.43. The molecule has 32 heavy (non-hydrogen) atoms. The molecule has 0 aliphatic carbocycles. The van der Waals surface area contributed by atoms with Crippen LogP contribution in [0.2, 0.25) is 0 Å². The summed E-state index contributed by atoms with van der Waals surface area (Å²) in [7, 11) is -3.69. The molecule has 0 unspecified atom stereocenters. The molecule has 1 fully saturated rings. The van der Waals surface area contributed by atoms with Gasteiger partial charge < -0.3 is 4.74 Å². The summed E-state index contributed by atoms with van der Waals surface area (Å²) in [6.45, 7) is 2.51. The van der Waals surface area contributed by atoms with Crippen LogP contribution in [0.25, 0.3) is 0 Å². The SMILES string of the molecule is CCOc1ccc(N2C(=O)CS[C@@H]2c2ccc(NS(=O)(=O)c3ccc(Br)cc3)cc2)cc1. The molecular formula is C23H21BrN2O4S2. The van der Waals surface area contributed by atoms with E-state index >= 15 is 0 Å². The Morgan fingerprint density at radius 1 is 1.03 bits per heavy atom. The number of ether oxygens (including phenoxy) is 1. The third-order valence-corrected chi connectivity index (χ3v) is 8.00. The number of carbonyl (C=O) groups excluding carboxylic acids is 1. The minimum atomic E-state index is -3.69. The Bertz CT molecular complexity index is 1200. The molecule has 1 aliphatic heterocycles. The normalized spacial score (nSPS) is 16.2. The highest BCUT2D eigenvalue weighted by Crippen LogP contribution is 2.42. The van der Waals surface area contributed by atoms with Gasteiger partial charge in [0.15, 0.2) is 0 Å². The molecule has 1 N–H and O–H groups in total. The van der Waals surface area contributed by atoms with Crippen molar-refractivity contribution >= 4 is 55.0 Å². The summed E-state index contributed by atoms with van der Waals surface area (Å²) in [5.74, 6) is 1.18. The van der Waals surface area contributed by atoms with E-state index in [9.17, 15) is 13.2 Å². The molecule has 1 atom stereocenters. The number of carbonyl (C=O) groups is 1. The molecule has 4 rings (SSSR count). The number of hydrogen-bond donors (Lipinski definition) is 1. The molecular weight excluding hydrogens is 512 g/mol. The van der Waals surface area contributed by atoms with E-state index in [2.05, 4.69) is 20.7 Å². The van der Waals surface area contributed by atoms with Crippen LogP contribution in [-0.2, 0) is 14.8 Å². The number of anilines is 2. The number of thioether (sulfide) groups is 1. The van der Waals surface area contributed by atoms with Gasteiger partial charge in [-0.2, -0.15) is 0 Å². The maximum atomic E-state index is 12.6. The van der Waals surface area contributed by atoms with Crippen LogP contribution in [0, 0.1) is 0 Å². The average Bonchev–Trinajstić information content (AvgIpc) is 3.16. The van der Waals surface area contributed by atoms with Crippen LogP contribution in [0.15, 0.2) is 82.2 Å². The van der Waals surface area contributed by atoms with E-state index in [-0.39, 0.29) is 16.2 Å². The van der Waals surface area contributed by atoms with Crippen LogP contribution < -0.4 is 14.4 Å². The first kappa shape index (κ1) is 22.7. The first-order valence-corrected chi connectivity index (χ1v) is 13.2. The van der Waals surface area contributed by atoms with Crippen molar-refractivity contribution in [2.24, 2.45) is 0 Å². The topological polar surface area (TPSA) is 75.7 Å². The average molecular weight is 533 g/mol. The first-order chi connectivity index (χ1) is 15.4. The Balaban J connectivity index is 1.52. The fourth-order valence-electron chi connectivity index (χ4n) is 3.36. The van der Waals surface area contributed by atoms with E-state index in [1.165, 1.54) is 12.1 Å². The number of nitrogens with one attached hydrogen (secondary N) is 1. The zero-order valence-corrected chi connectivity index (χ0v) is 20.4. The monoisotopic (exact) mass is 532 g/mol. The molecule has 9 heteroatoms. The van der Waals surface area contributed by atoms with E-state index in [1.807, 2.05) is 43.3 Å². The van der Waals surface area contributed by atoms with Crippen molar-refractivity contribution in [3.63, 3.8) is 0 Å². The molecule has 1 aliphatic rings. The van der Waals surface area contributed by atoms with Crippen molar-refractivity contribution in [1.29, 1.82) is 0 Å². The van der Waals surface area contributed by atoms with E-state index in [0.29, 0.717) is 18.0 Å². The lowest BCUT2D eigenvalue weighted by Crippen LogP contribution is -2.27. The van der Waals surface area contributed by atoms with Crippen LogP contribution in [0.3, 0.4) is 0 Å². The fourth-order valence-corrected chi connectivity index (χ4v) is 5.86. The molecule has 3 aromatic carbocycles. The summed E-state index contributed by atoms with van der Waals surface area (Å²) in [6, 6.07) is 21.0. The summed E-state index contributed by atoms with van der Waals surface area (Å²) >= 11 is 4.84. The van der Waals surface area contributed by atoms with Crippen molar-refractivity contribution in [3.8, 4) is 5.75 Å². The standard InChI is InChI=1S/C23H21BrN2O4S2/c1-2-30-20-11-9-19(10-12-20)26-22(27)15-31-23(26)16-3-7-18(8-4-16)25-32(28,29)21-13-5-17(24)6-14-21/h3-14,23,25H,2,15H2,1H3/t23-/m1/s1. The Labute approximate surface area is 200 Å². The molecule has 3 aromatic rings. The van der Waals surface area contributed by atoms with Gasteiger partial charge in [0.2, 0.25) is 5.91 Å². The second-order valence-corrected chi connectivity index (χ2v) is 10.7. The molecule has 0 saturated carbocycles. The Morgan fingerprint density at radius 3 is 2.31 bits per heavy atom. The van der Waals surface area contributed by atoms with Crippen molar-refractivity contribution in [2.45, 2.75) is 17.2 Å². The Morgan fingerprint density at radius 2 is 1.69 bits per heavy atom. The van der Waals surface area contributed by atoms with Crippen LogP contribution in [0.5, 0.6) is 5.75 Å². The quantitative estimate of drug-likeness (QED) is 0.439. The lowest BCUT2D eigenvalue weighted by atomic mass is 10.1. The molecule has 1 amide bonds. The highest BCUT2D eigenvalue weighted by Gasteiger charge is 2.34.